The maximum Gasteiger partial charge on any atom is 0.161 e. The zero-order chi connectivity index (χ0) is 14.8. The Labute approximate surface area is 128 Å². The fourth-order valence-corrected chi connectivity index (χ4v) is 2.35. The Morgan fingerprint density at radius 2 is 1.57 bits per heavy atom. The van der Waals surface area contributed by atoms with Crippen LogP contribution in [0.1, 0.15) is 0 Å². The molecule has 1 heterocycles. The zero-order valence-electron chi connectivity index (χ0n) is 11.8. The van der Waals surface area contributed by atoms with E-state index in [1.54, 1.807) is 0 Å². The highest BCUT2D eigenvalue weighted by atomic mass is 35.5. The van der Waals surface area contributed by atoms with Crippen LogP contribution in [0.5, 0.6) is 0 Å². The first kappa shape index (κ1) is 13.6. The van der Waals surface area contributed by atoms with Crippen molar-refractivity contribution in [2.45, 2.75) is 0 Å². The number of anilines is 3. The van der Waals surface area contributed by atoms with Gasteiger partial charge in [0.25, 0.3) is 0 Å². The van der Waals surface area contributed by atoms with Gasteiger partial charge < -0.3 is 10.2 Å². The van der Waals surface area contributed by atoms with Crippen molar-refractivity contribution in [3.05, 3.63) is 53.7 Å². The maximum atomic E-state index is 6.08. The van der Waals surface area contributed by atoms with Gasteiger partial charge in [-0.2, -0.15) is 0 Å². The molecule has 106 valence electrons. The van der Waals surface area contributed by atoms with Crippen LogP contribution in [0, 0.1) is 0 Å². The molecule has 0 saturated heterocycles. The van der Waals surface area contributed by atoms with Crippen LogP contribution < -0.4 is 10.2 Å². The van der Waals surface area contributed by atoms with E-state index in [0.29, 0.717) is 11.0 Å². The molecule has 0 atom stereocenters. The summed E-state index contributed by atoms with van der Waals surface area (Å²) >= 11 is 6.08. The first-order chi connectivity index (χ1) is 10.1. The van der Waals surface area contributed by atoms with E-state index < -0.39 is 0 Å². The van der Waals surface area contributed by atoms with Gasteiger partial charge in [0.1, 0.15) is 0 Å². The third kappa shape index (κ3) is 2.76. The van der Waals surface area contributed by atoms with E-state index >= 15 is 0 Å². The second-order valence-corrected chi connectivity index (χ2v) is 5.31. The van der Waals surface area contributed by atoms with Gasteiger partial charge in [-0.15, -0.1) is 10.2 Å². The second-order valence-electron chi connectivity index (χ2n) is 4.95. The fraction of sp³-hybridized carbons (Fsp3) is 0.125. The van der Waals surface area contributed by atoms with Gasteiger partial charge in [-0.1, -0.05) is 35.9 Å². The van der Waals surface area contributed by atoms with Crippen LogP contribution in [0.3, 0.4) is 0 Å². The van der Waals surface area contributed by atoms with E-state index in [1.807, 2.05) is 62.6 Å². The number of hydrogen-bond donors (Lipinski definition) is 1. The number of hydrogen-bond acceptors (Lipinski definition) is 4. The van der Waals surface area contributed by atoms with Crippen molar-refractivity contribution in [1.82, 2.24) is 10.2 Å². The summed E-state index contributed by atoms with van der Waals surface area (Å²) in [6, 6.07) is 15.9. The van der Waals surface area contributed by atoms with Crippen molar-refractivity contribution >= 4 is 39.6 Å². The van der Waals surface area contributed by atoms with Crippen molar-refractivity contribution in [2.75, 3.05) is 24.3 Å². The third-order valence-electron chi connectivity index (χ3n) is 3.29. The molecule has 0 aliphatic heterocycles. The van der Waals surface area contributed by atoms with Crippen LogP contribution in [0.25, 0.3) is 10.8 Å². The van der Waals surface area contributed by atoms with E-state index in [-0.39, 0.29) is 0 Å². The van der Waals surface area contributed by atoms with Crippen LogP contribution in [0.4, 0.5) is 17.2 Å². The molecule has 2 aromatic carbocycles. The van der Waals surface area contributed by atoms with E-state index in [1.165, 1.54) is 0 Å². The molecule has 4 nitrogen and oxygen atoms in total. The van der Waals surface area contributed by atoms with Crippen molar-refractivity contribution in [3.8, 4) is 0 Å². The van der Waals surface area contributed by atoms with E-state index in [4.69, 9.17) is 11.6 Å². The highest BCUT2D eigenvalue weighted by Gasteiger charge is 2.07. The summed E-state index contributed by atoms with van der Waals surface area (Å²) in [6.45, 7) is 0. The van der Waals surface area contributed by atoms with E-state index in [2.05, 4.69) is 20.4 Å². The van der Waals surface area contributed by atoms with Crippen LogP contribution in [0.15, 0.2) is 48.5 Å². The first-order valence-corrected chi connectivity index (χ1v) is 6.98. The van der Waals surface area contributed by atoms with Crippen molar-refractivity contribution in [2.24, 2.45) is 0 Å². The Kier molecular flexibility index (Phi) is 3.62. The quantitative estimate of drug-likeness (QED) is 0.790. The highest BCUT2D eigenvalue weighted by Crippen LogP contribution is 2.28. The lowest BCUT2D eigenvalue weighted by Crippen LogP contribution is -2.08. The summed E-state index contributed by atoms with van der Waals surface area (Å²) in [5.74, 6) is 0.701. The minimum absolute atomic E-state index is 0.416. The highest BCUT2D eigenvalue weighted by molar-refractivity contribution is 6.34. The van der Waals surface area contributed by atoms with E-state index in [0.717, 1.165) is 22.1 Å². The van der Waals surface area contributed by atoms with Gasteiger partial charge in [0.2, 0.25) is 0 Å². The molecule has 0 saturated carbocycles. The molecule has 0 fully saturated rings. The lowest BCUT2D eigenvalue weighted by atomic mass is 10.2. The Balaban J connectivity index is 1.96. The topological polar surface area (TPSA) is 41.0 Å². The minimum atomic E-state index is 0.416. The standard InChI is InChI=1S/C16H15ClN4/c1-21(2)12-9-7-11(8-10-12)18-16-14-6-4-3-5-13(14)15(17)19-20-16/h3-10H,1-2H3,(H,18,20). The zero-order valence-corrected chi connectivity index (χ0v) is 12.6. The molecule has 0 spiro atoms. The molecule has 0 aliphatic rings. The number of fused-ring (bicyclic) bond motifs is 1. The lowest BCUT2D eigenvalue weighted by Gasteiger charge is -2.13. The Hall–Kier alpha value is -2.33. The van der Waals surface area contributed by atoms with Gasteiger partial charge >= 0.3 is 0 Å². The van der Waals surface area contributed by atoms with Crippen molar-refractivity contribution < 1.29 is 0 Å². The summed E-state index contributed by atoms with van der Waals surface area (Å²) in [4.78, 5) is 2.06. The van der Waals surface area contributed by atoms with Crippen molar-refractivity contribution in [3.63, 3.8) is 0 Å². The van der Waals surface area contributed by atoms with Crippen LogP contribution in [-0.4, -0.2) is 24.3 Å². The molecule has 0 bridgehead atoms. The van der Waals surface area contributed by atoms with Gasteiger partial charge in [0.15, 0.2) is 11.0 Å². The van der Waals surface area contributed by atoms with Crippen LogP contribution in [-0.2, 0) is 0 Å². The van der Waals surface area contributed by atoms with Gasteiger partial charge in [0, 0.05) is 36.2 Å². The average molecular weight is 299 g/mol. The first-order valence-electron chi connectivity index (χ1n) is 6.60. The molecule has 0 aliphatic carbocycles. The second kappa shape index (κ2) is 5.58. The molecule has 0 amide bonds. The van der Waals surface area contributed by atoms with Gasteiger partial charge in [-0.05, 0) is 24.3 Å². The van der Waals surface area contributed by atoms with Crippen molar-refractivity contribution in [1.29, 1.82) is 0 Å². The fourth-order valence-electron chi connectivity index (χ4n) is 2.14. The monoisotopic (exact) mass is 298 g/mol. The number of rotatable bonds is 3. The summed E-state index contributed by atoms with van der Waals surface area (Å²) < 4.78 is 0. The number of aromatic nitrogens is 2. The molecular weight excluding hydrogens is 284 g/mol. The van der Waals surface area contributed by atoms with Crippen LogP contribution >= 0.6 is 11.6 Å². The average Bonchev–Trinajstić information content (AvgIpc) is 2.51. The molecule has 0 unspecified atom stereocenters. The molecule has 0 radical (unpaired) electrons. The number of nitrogens with zero attached hydrogens (tertiary/aromatic N) is 3. The molecule has 3 rings (SSSR count). The van der Waals surface area contributed by atoms with Gasteiger partial charge in [0.05, 0.1) is 0 Å². The summed E-state index contributed by atoms with van der Waals surface area (Å²) in [6.07, 6.45) is 0. The molecular formula is C16H15ClN4. The Morgan fingerprint density at radius 3 is 2.24 bits per heavy atom. The van der Waals surface area contributed by atoms with Gasteiger partial charge in [-0.25, -0.2) is 0 Å². The lowest BCUT2D eigenvalue weighted by molar-refractivity contribution is 1.05. The largest absolute Gasteiger partial charge is 0.378 e. The molecule has 3 aromatic rings. The molecule has 1 aromatic heterocycles. The van der Waals surface area contributed by atoms with Crippen LogP contribution in [0.2, 0.25) is 5.15 Å². The number of halogens is 1. The van der Waals surface area contributed by atoms with Gasteiger partial charge in [-0.3, -0.25) is 0 Å². The number of nitrogens with one attached hydrogen (secondary N) is 1. The summed E-state index contributed by atoms with van der Waals surface area (Å²) in [7, 11) is 4.03. The summed E-state index contributed by atoms with van der Waals surface area (Å²) in [5, 5.41) is 13.7. The predicted molar refractivity (Wildman–Crippen MR) is 88.6 cm³/mol. The smallest absolute Gasteiger partial charge is 0.161 e. The molecule has 5 heteroatoms. The predicted octanol–water partition coefficient (Wildman–Crippen LogP) is 4.09. The molecule has 21 heavy (non-hydrogen) atoms. The molecule has 1 N–H and O–H groups in total. The Bertz CT molecular complexity index is 769. The third-order valence-corrected chi connectivity index (χ3v) is 3.57. The SMILES string of the molecule is CN(C)c1ccc(Nc2nnc(Cl)c3ccccc23)cc1. The summed E-state index contributed by atoms with van der Waals surface area (Å²) in [5.41, 5.74) is 2.11. The Morgan fingerprint density at radius 1 is 0.905 bits per heavy atom. The maximum absolute atomic E-state index is 6.08. The van der Waals surface area contributed by atoms with E-state index in [9.17, 15) is 0 Å². The minimum Gasteiger partial charge on any atom is -0.378 e. The normalized spacial score (nSPS) is 10.6. The number of benzene rings is 2.